The van der Waals surface area contributed by atoms with Crippen molar-refractivity contribution in [2.24, 2.45) is 11.7 Å². The molecule has 0 spiro atoms. The van der Waals surface area contributed by atoms with Crippen molar-refractivity contribution in [3.8, 4) is 0 Å². The maximum absolute atomic E-state index is 12.4. The van der Waals surface area contributed by atoms with Crippen molar-refractivity contribution in [3.05, 3.63) is 18.3 Å². The number of nitrogens with zero attached hydrogens (tertiary/aromatic N) is 4. The van der Waals surface area contributed by atoms with Crippen LogP contribution < -0.4 is 10.6 Å². The lowest BCUT2D eigenvalue weighted by molar-refractivity contribution is -0.132. The quantitative estimate of drug-likeness (QED) is 0.891. The van der Waals surface area contributed by atoms with Crippen molar-refractivity contribution in [1.29, 1.82) is 0 Å². The number of amides is 1. The van der Waals surface area contributed by atoms with Gasteiger partial charge in [0.2, 0.25) is 5.91 Å². The summed E-state index contributed by atoms with van der Waals surface area (Å²) in [6, 6.07) is 3.46. The first kappa shape index (κ1) is 15.7. The molecule has 2 rings (SSSR count). The Morgan fingerprint density at radius 2 is 2.14 bits per heavy atom. The van der Waals surface area contributed by atoms with Gasteiger partial charge in [-0.2, -0.15) is 5.10 Å². The first-order valence-corrected chi connectivity index (χ1v) is 7.65. The van der Waals surface area contributed by atoms with E-state index in [0.717, 1.165) is 38.3 Å². The lowest BCUT2D eigenvalue weighted by atomic mass is 10.0. The second-order valence-corrected chi connectivity index (χ2v) is 5.98. The molecule has 1 aliphatic heterocycles. The normalized spacial score (nSPS) is 17.7. The fourth-order valence-electron chi connectivity index (χ4n) is 2.67. The van der Waals surface area contributed by atoms with E-state index < -0.39 is 0 Å². The number of hydrogen-bond acceptors (Lipinski definition) is 5. The van der Waals surface area contributed by atoms with Gasteiger partial charge in [-0.1, -0.05) is 13.8 Å². The van der Waals surface area contributed by atoms with Crippen LogP contribution >= 0.6 is 0 Å². The van der Waals surface area contributed by atoms with Gasteiger partial charge in [0.05, 0.1) is 6.04 Å². The molecule has 0 radical (unpaired) electrons. The van der Waals surface area contributed by atoms with Crippen molar-refractivity contribution < 1.29 is 4.79 Å². The highest BCUT2D eigenvalue weighted by Crippen LogP contribution is 2.13. The predicted octanol–water partition coefficient (Wildman–Crippen LogP) is 0.889. The van der Waals surface area contributed by atoms with E-state index in [1.54, 1.807) is 6.20 Å². The van der Waals surface area contributed by atoms with Crippen LogP contribution in [0.25, 0.3) is 0 Å². The third kappa shape index (κ3) is 4.39. The van der Waals surface area contributed by atoms with E-state index in [9.17, 15) is 4.79 Å². The van der Waals surface area contributed by atoms with Crippen molar-refractivity contribution in [2.75, 3.05) is 31.1 Å². The van der Waals surface area contributed by atoms with Gasteiger partial charge in [0, 0.05) is 32.4 Å². The molecule has 0 bridgehead atoms. The summed E-state index contributed by atoms with van der Waals surface area (Å²) in [6.07, 6.45) is 3.34. The molecule has 1 saturated heterocycles. The molecule has 0 unspecified atom stereocenters. The molecule has 0 saturated carbocycles. The summed E-state index contributed by atoms with van der Waals surface area (Å²) in [5.74, 6) is 1.38. The molecule has 1 aliphatic rings. The monoisotopic (exact) mass is 291 g/mol. The molecule has 2 N–H and O–H groups in total. The van der Waals surface area contributed by atoms with Crippen molar-refractivity contribution in [3.63, 3.8) is 0 Å². The smallest absolute Gasteiger partial charge is 0.239 e. The van der Waals surface area contributed by atoms with E-state index in [1.807, 2.05) is 17.0 Å². The fraction of sp³-hybridized carbons (Fsp3) is 0.667. The molecular weight excluding hydrogens is 266 g/mol. The molecule has 0 aliphatic carbocycles. The number of nitrogens with two attached hydrogens (primary N) is 1. The Hall–Kier alpha value is -1.69. The third-order valence-electron chi connectivity index (χ3n) is 3.73. The summed E-state index contributed by atoms with van der Waals surface area (Å²) in [7, 11) is 0. The summed E-state index contributed by atoms with van der Waals surface area (Å²) in [5.41, 5.74) is 6.02. The Balaban J connectivity index is 1.93. The zero-order valence-electron chi connectivity index (χ0n) is 12.9. The van der Waals surface area contributed by atoms with Gasteiger partial charge in [-0.3, -0.25) is 4.79 Å². The highest BCUT2D eigenvalue weighted by molar-refractivity contribution is 5.81. The fourth-order valence-corrected chi connectivity index (χ4v) is 2.67. The number of anilines is 1. The summed E-state index contributed by atoms with van der Waals surface area (Å²) >= 11 is 0. The molecule has 0 aromatic carbocycles. The van der Waals surface area contributed by atoms with Gasteiger partial charge in [0.25, 0.3) is 0 Å². The molecule has 116 valence electrons. The largest absolute Gasteiger partial charge is 0.353 e. The Morgan fingerprint density at radius 1 is 1.33 bits per heavy atom. The second-order valence-electron chi connectivity index (χ2n) is 5.98. The summed E-state index contributed by atoms with van der Waals surface area (Å²) in [6.45, 7) is 7.31. The van der Waals surface area contributed by atoms with Crippen molar-refractivity contribution >= 4 is 11.7 Å². The van der Waals surface area contributed by atoms with Crippen molar-refractivity contribution in [2.45, 2.75) is 32.7 Å². The Morgan fingerprint density at radius 3 is 2.81 bits per heavy atom. The summed E-state index contributed by atoms with van der Waals surface area (Å²) in [5, 5.41) is 8.05. The zero-order valence-corrected chi connectivity index (χ0v) is 12.9. The predicted molar refractivity (Wildman–Crippen MR) is 82.9 cm³/mol. The van der Waals surface area contributed by atoms with Crippen LogP contribution in [0.15, 0.2) is 18.3 Å². The van der Waals surface area contributed by atoms with Crippen LogP contribution in [0.3, 0.4) is 0 Å². The molecule has 21 heavy (non-hydrogen) atoms. The minimum Gasteiger partial charge on any atom is -0.353 e. The van der Waals surface area contributed by atoms with E-state index in [2.05, 4.69) is 28.9 Å². The number of aromatic nitrogens is 2. The first-order chi connectivity index (χ1) is 10.1. The molecular formula is C15H25N5O. The van der Waals surface area contributed by atoms with E-state index >= 15 is 0 Å². The summed E-state index contributed by atoms with van der Waals surface area (Å²) < 4.78 is 0. The summed E-state index contributed by atoms with van der Waals surface area (Å²) in [4.78, 5) is 16.5. The topological polar surface area (TPSA) is 75.4 Å². The zero-order chi connectivity index (χ0) is 15.2. The van der Waals surface area contributed by atoms with E-state index in [-0.39, 0.29) is 11.9 Å². The highest BCUT2D eigenvalue weighted by atomic mass is 16.2. The molecule has 1 atom stereocenters. The maximum Gasteiger partial charge on any atom is 0.239 e. The van der Waals surface area contributed by atoms with Crippen molar-refractivity contribution in [1.82, 2.24) is 15.1 Å². The Bertz CT molecular complexity index is 451. The van der Waals surface area contributed by atoms with Crippen LogP contribution in [0, 0.1) is 5.92 Å². The van der Waals surface area contributed by atoms with Gasteiger partial charge >= 0.3 is 0 Å². The Labute approximate surface area is 126 Å². The molecule has 2 heterocycles. The standard InChI is InChI=1S/C15H25N5O/c1-12(2)11-13(16)15(21)20-8-4-7-19(9-10-20)14-5-3-6-17-18-14/h3,5-6,12-13H,4,7-11,16H2,1-2H3/t13-/m0/s1. The van der Waals surface area contributed by atoms with Crippen LogP contribution in [0.4, 0.5) is 5.82 Å². The van der Waals surface area contributed by atoms with E-state index in [0.29, 0.717) is 12.5 Å². The average molecular weight is 291 g/mol. The number of carbonyl (C=O) groups is 1. The lowest BCUT2D eigenvalue weighted by Crippen LogP contribution is -2.45. The van der Waals surface area contributed by atoms with Crippen LogP contribution in [-0.4, -0.2) is 53.2 Å². The molecule has 1 aromatic rings. The molecule has 1 amide bonds. The van der Waals surface area contributed by atoms with Crippen LogP contribution in [0.2, 0.25) is 0 Å². The lowest BCUT2D eigenvalue weighted by Gasteiger charge is -2.25. The van der Waals surface area contributed by atoms with Gasteiger partial charge < -0.3 is 15.5 Å². The van der Waals surface area contributed by atoms with Gasteiger partial charge in [-0.05, 0) is 30.9 Å². The first-order valence-electron chi connectivity index (χ1n) is 7.65. The molecule has 1 aromatic heterocycles. The number of hydrogen-bond donors (Lipinski definition) is 1. The molecule has 6 nitrogen and oxygen atoms in total. The highest BCUT2D eigenvalue weighted by Gasteiger charge is 2.24. The van der Waals surface area contributed by atoms with E-state index in [1.165, 1.54) is 0 Å². The van der Waals surface area contributed by atoms with Gasteiger partial charge in [-0.25, -0.2) is 0 Å². The number of rotatable bonds is 4. The minimum atomic E-state index is -0.381. The Kier molecular flexibility index (Phi) is 5.50. The third-order valence-corrected chi connectivity index (χ3v) is 3.73. The second kappa shape index (κ2) is 7.36. The molecule has 6 heteroatoms. The average Bonchev–Trinajstić information content (AvgIpc) is 2.72. The van der Waals surface area contributed by atoms with Crippen LogP contribution in [-0.2, 0) is 4.79 Å². The number of carbonyl (C=O) groups excluding carboxylic acids is 1. The van der Waals surface area contributed by atoms with Gasteiger partial charge in [0.15, 0.2) is 5.82 Å². The molecule has 1 fully saturated rings. The van der Waals surface area contributed by atoms with Crippen LogP contribution in [0.5, 0.6) is 0 Å². The van der Waals surface area contributed by atoms with E-state index in [4.69, 9.17) is 5.73 Å². The van der Waals surface area contributed by atoms with Gasteiger partial charge in [0.1, 0.15) is 0 Å². The van der Waals surface area contributed by atoms with Crippen LogP contribution in [0.1, 0.15) is 26.7 Å². The minimum absolute atomic E-state index is 0.0738. The van der Waals surface area contributed by atoms with Gasteiger partial charge in [-0.15, -0.1) is 5.10 Å². The SMILES string of the molecule is CC(C)C[C@H](N)C(=O)N1CCCN(c2cccnn2)CC1. The maximum atomic E-state index is 12.4.